The van der Waals surface area contributed by atoms with Gasteiger partial charge in [-0.3, -0.25) is 14.0 Å². The summed E-state index contributed by atoms with van der Waals surface area (Å²) >= 11 is 6.31. The lowest BCUT2D eigenvalue weighted by atomic mass is 10.0. The second-order valence-electron chi connectivity index (χ2n) is 7.35. The number of imide groups is 1. The average Bonchev–Trinajstić information content (AvgIpc) is 2.81. The van der Waals surface area contributed by atoms with Crippen molar-refractivity contribution in [1.29, 1.82) is 0 Å². The molecule has 1 aliphatic heterocycles. The molecule has 0 radical (unpaired) electrons. The van der Waals surface area contributed by atoms with Crippen LogP contribution in [0.15, 0.2) is 47.5 Å². The number of rotatable bonds is 5. The Morgan fingerprint density at radius 2 is 1.89 bits per heavy atom. The molecule has 0 spiro atoms. The van der Waals surface area contributed by atoms with Gasteiger partial charge in [0.15, 0.2) is 0 Å². The van der Waals surface area contributed by atoms with Crippen molar-refractivity contribution in [3.63, 3.8) is 0 Å². The van der Waals surface area contributed by atoms with Crippen LogP contribution in [0.25, 0.3) is 0 Å². The van der Waals surface area contributed by atoms with Crippen LogP contribution in [0, 0.1) is 0 Å². The first kappa shape index (κ1) is 20.5. The van der Waals surface area contributed by atoms with Crippen LogP contribution < -0.4 is 4.90 Å². The molecule has 1 aromatic heterocycles. The molecule has 2 heterocycles. The van der Waals surface area contributed by atoms with Gasteiger partial charge >= 0.3 is 6.03 Å². The van der Waals surface area contributed by atoms with Gasteiger partial charge in [0.2, 0.25) is 0 Å². The maximum Gasteiger partial charge on any atom is 0.332 e. The minimum atomic E-state index is -1.26. The molecule has 1 aromatic carbocycles. The molecule has 0 bridgehead atoms. The minimum Gasteiger partial charge on any atom is -0.304 e. The molecule has 3 amide bonds. The van der Waals surface area contributed by atoms with E-state index in [4.69, 9.17) is 11.6 Å². The van der Waals surface area contributed by atoms with E-state index in [9.17, 15) is 13.8 Å². The number of halogens is 1. The Morgan fingerprint density at radius 1 is 1.18 bits per heavy atom. The fourth-order valence-corrected chi connectivity index (χ4v) is 4.39. The molecule has 0 aliphatic carbocycles. The Balaban J connectivity index is 1.94. The highest BCUT2D eigenvalue weighted by atomic mass is 35.5. The van der Waals surface area contributed by atoms with Crippen LogP contribution in [0.2, 0.25) is 5.02 Å². The number of aromatic nitrogens is 1. The van der Waals surface area contributed by atoms with E-state index >= 15 is 0 Å². The van der Waals surface area contributed by atoms with Crippen molar-refractivity contribution in [2.45, 2.75) is 49.9 Å². The van der Waals surface area contributed by atoms with Crippen molar-refractivity contribution in [2.75, 3.05) is 4.90 Å². The van der Waals surface area contributed by atoms with Crippen molar-refractivity contribution in [3.05, 3.63) is 53.3 Å². The number of hydrogen-bond acceptors (Lipinski definition) is 4. The van der Waals surface area contributed by atoms with Crippen LogP contribution in [0.5, 0.6) is 0 Å². The van der Waals surface area contributed by atoms with E-state index in [2.05, 4.69) is 4.98 Å². The zero-order valence-corrected chi connectivity index (χ0v) is 17.8. The minimum absolute atomic E-state index is 0.0915. The van der Waals surface area contributed by atoms with Crippen molar-refractivity contribution in [2.24, 2.45) is 0 Å². The van der Waals surface area contributed by atoms with Gasteiger partial charge in [-0.1, -0.05) is 31.5 Å². The summed E-state index contributed by atoms with van der Waals surface area (Å²) in [7, 11) is -1.26. The largest absolute Gasteiger partial charge is 0.332 e. The molecule has 1 fully saturated rings. The van der Waals surface area contributed by atoms with E-state index in [1.54, 1.807) is 38.2 Å². The normalized spacial score (nSPS) is 17.5. The van der Waals surface area contributed by atoms with Crippen molar-refractivity contribution in [1.82, 2.24) is 9.88 Å². The Bertz CT molecular complexity index is 947. The SMILES string of the molecule is CC(C)S(=O)c1ccc(N2C(=O)N(Cc3ccccn3)C(C)(C)C2=O)cc1Cl. The number of hydrogen-bond donors (Lipinski definition) is 0. The van der Waals surface area contributed by atoms with Gasteiger partial charge in [-0.2, -0.15) is 0 Å². The van der Waals surface area contributed by atoms with Gasteiger partial charge in [-0.25, -0.2) is 9.69 Å². The third-order valence-electron chi connectivity index (χ3n) is 4.69. The highest BCUT2D eigenvalue weighted by Gasteiger charge is 2.51. The van der Waals surface area contributed by atoms with Gasteiger partial charge in [0.25, 0.3) is 5.91 Å². The Morgan fingerprint density at radius 3 is 2.46 bits per heavy atom. The highest BCUT2D eigenvalue weighted by Crippen LogP contribution is 2.35. The average molecular weight is 420 g/mol. The molecule has 148 valence electrons. The van der Waals surface area contributed by atoms with E-state index in [1.807, 2.05) is 26.0 Å². The van der Waals surface area contributed by atoms with Crippen LogP contribution in [0.1, 0.15) is 33.4 Å². The van der Waals surface area contributed by atoms with Gasteiger partial charge in [0.05, 0.1) is 38.6 Å². The smallest absolute Gasteiger partial charge is 0.304 e. The van der Waals surface area contributed by atoms with Gasteiger partial charge in [0.1, 0.15) is 5.54 Å². The lowest BCUT2D eigenvalue weighted by Gasteiger charge is -2.27. The number of benzene rings is 1. The van der Waals surface area contributed by atoms with E-state index in [1.165, 1.54) is 11.0 Å². The van der Waals surface area contributed by atoms with Gasteiger partial charge in [-0.15, -0.1) is 0 Å². The fourth-order valence-electron chi connectivity index (χ4n) is 3.03. The third kappa shape index (κ3) is 3.56. The van der Waals surface area contributed by atoms with E-state index in [0.717, 1.165) is 4.90 Å². The monoisotopic (exact) mass is 419 g/mol. The molecule has 0 N–H and O–H groups in total. The highest BCUT2D eigenvalue weighted by molar-refractivity contribution is 7.85. The summed E-state index contributed by atoms with van der Waals surface area (Å²) in [6, 6.07) is 9.75. The number of anilines is 1. The topological polar surface area (TPSA) is 70.6 Å². The quantitative estimate of drug-likeness (QED) is 0.687. The molecule has 2 aromatic rings. The van der Waals surface area contributed by atoms with Crippen molar-refractivity contribution < 1.29 is 13.8 Å². The zero-order chi connectivity index (χ0) is 20.6. The van der Waals surface area contributed by atoms with Crippen LogP contribution in [0.3, 0.4) is 0 Å². The lowest BCUT2D eigenvalue weighted by Crippen LogP contribution is -2.43. The molecule has 1 aliphatic rings. The maximum absolute atomic E-state index is 13.1. The molecule has 0 saturated carbocycles. The van der Waals surface area contributed by atoms with Crippen molar-refractivity contribution in [3.8, 4) is 0 Å². The standard InChI is InChI=1S/C20H22ClN3O3S/c1-13(2)28(27)17-9-8-15(11-16(17)21)24-18(25)20(3,4)23(19(24)26)12-14-7-5-6-10-22-14/h5-11,13H,12H2,1-4H3. The predicted octanol–water partition coefficient (Wildman–Crippen LogP) is 4.00. The van der Waals surface area contributed by atoms with Crippen LogP contribution in [0.4, 0.5) is 10.5 Å². The lowest BCUT2D eigenvalue weighted by molar-refractivity contribution is -0.123. The molecule has 8 heteroatoms. The molecule has 1 saturated heterocycles. The van der Waals surface area contributed by atoms with E-state index in [0.29, 0.717) is 16.3 Å². The Kier molecular flexibility index (Phi) is 5.59. The summed E-state index contributed by atoms with van der Waals surface area (Å²) in [5.41, 5.74) is 0.0286. The molecule has 6 nitrogen and oxygen atoms in total. The second-order valence-corrected chi connectivity index (χ2v) is 9.73. The summed E-state index contributed by atoms with van der Waals surface area (Å²) in [5, 5.41) is 0.178. The fraction of sp³-hybridized carbons (Fsp3) is 0.350. The molecular weight excluding hydrogens is 398 g/mol. The summed E-state index contributed by atoms with van der Waals surface area (Å²) < 4.78 is 12.3. The first-order chi connectivity index (χ1) is 13.1. The predicted molar refractivity (Wildman–Crippen MR) is 110 cm³/mol. The first-order valence-electron chi connectivity index (χ1n) is 8.90. The number of amides is 3. The van der Waals surface area contributed by atoms with Crippen LogP contribution in [-0.4, -0.2) is 36.8 Å². The summed E-state index contributed by atoms with van der Waals surface area (Å²) in [6.45, 7) is 7.32. The molecule has 3 rings (SSSR count). The van der Waals surface area contributed by atoms with Crippen molar-refractivity contribution >= 4 is 40.0 Å². The van der Waals surface area contributed by atoms with Gasteiger partial charge in [0, 0.05) is 11.4 Å². The molecule has 1 unspecified atom stereocenters. The van der Waals surface area contributed by atoms with E-state index in [-0.39, 0.29) is 22.7 Å². The summed E-state index contributed by atoms with van der Waals surface area (Å²) in [6.07, 6.45) is 1.65. The van der Waals surface area contributed by atoms with Crippen LogP contribution >= 0.6 is 11.6 Å². The first-order valence-corrected chi connectivity index (χ1v) is 10.5. The van der Waals surface area contributed by atoms with Crippen LogP contribution in [-0.2, 0) is 22.1 Å². The number of carbonyl (C=O) groups is 2. The molecular formula is C20H22ClN3O3S. The Hall–Kier alpha value is -2.25. The summed E-state index contributed by atoms with van der Waals surface area (Å²) in [4.78, 5) is 33.4. The number of carbonyl (C=O) groups excluding carboxylic acids is 2. The number of nitrogens with zero attached hydrogens (tertiary/aromatic N) is 3. The summed E-state index contributed by atoms with van der Waals surface area (Å²) in [5.74, 6) is -0.345. The number of urea groups is 1. The maximum atomic E-state index is 13.1. The zero-order valence-electron chi connectivity index (χ0n) is 16.2. The molecule has 1 atom stereocenters. The third-order valence-corrected chi connectivity index (χ3v) is 6.76. The number of pyridine rings is 1. The van der Waals surface area contributed by atoms with E-state index < -0.39 is 22.4 Å². The Labute approximate surface area is 172 Å². The second kappa shape index (κ2) is 7.64. The molecule has 28 heavy (non-hydrogen) atoms. The van der Waals surface area contributed by atoms with Gasteiger partial charge in [-0.05, 0) is 44.2 Å². The van der Waals surface area contributed by atoms with Gasteiger partial charge < -0.3 is 4.90 Å².